The first-order chi connectivity index (χ1) is 10.0. The summed E-state index contributed by atoms with van der Waals surface area (Å²) in [4.78, 5) is 46.6. The van der Waals surface area contributed by atoms with E-state index in [0.29, 0.717) is 12.8 Å². The molecule has 4 atom stereocenters. The standard InChI is InChI=1S/C15H16O6/c1-2-3-7-4-8(9-6-11(16)20-13(9)17)5-10-12(7)15(19)21-14(10)18/h4,8-10,12H,2-3,5-6H2,1H3. The van der Waals surface area contributed by atoms with Crippen molar-refractivity contribution in [3.8, 4) is 0 Å². The van der Waals surface area contributed by atoms with Gasteiger partial charge in [-0.1, -0.05) is 25.0 Å². The number of ether oxygens (including phenoxy) is 2. The minimum Gasteiger partial charge on any atom is -0.393 e. The lowest BCUT2D eigenvalue weighted by atomic mass is 9.70. The van der Waals surface area contributed by atoms with Crippen molar-refractivity contribution in [2.75, 3.05) is 0 Å². The van der Waals surface area contributed by atoms with Gasteiger partial charge in [0.2, 0.25) is 0 Å². The average Bonchev–Trinajstić information content (AvgIpc) is 2.90. The number of hydrogen-bond donors (Lipinski definition) is 0. The molecule has 1 aliphatic carbocycles. The topological polar surface area (TPSA) is 86.7 Å². The summed E-state index contributed by atoms with van der Waals surface area (Å²) < 4.78 is 9.33. The average molecular weight is 292 g/mol. The molecule has 0 radical (unpaired) electrons. The summed E-state index contributed by atoms with van der Waals surface area (Å²) in [7, 11) is 0. The maximum atomic E-state index is 11.8. The Hall–Kier alpha value is -1.98. The largest absolute Gasteiger partial charge is 0.393 e. The molecule has 0 spiro atoms. The van der Waals surface area contributed by atoms with Gasteiger partial charge < -0.3 is 9.47 Å². The lowest BCUT2D eigenvalue weighted by Gasteiger charge is -2.29. The van der Waals surface area contributed by atoms with Crippen LogP contribution in [0.2, 0.25) is 0 Å². The highest BCUT2D eigenvalue weighted by molar-refractivity contribution is 5.99. The van der Waals surface area contributed by atoms with E-state index in [1.54, 1.807) is 0 Å². The van der Waals surface area contributed by atoms with Gasteiger partial charge in [-0.2, -0.15) is 0 Å². The molecule has 4 unspecified atom stereocenters. The van der Waals surface area contributed by atoms with Crippen LogP contribution < -0.4 is 0 Å². The van der Waals surface area contributed by atoms with E-state index in [1.807, 2.05) is 13.0 Å². The molecule has 0 amide bonds. The maximum absolute atomic E-state index is 11.8. The maximum Gasteiger partial charge on any atom is 0.321 e. The lowest BCUT2D eigenvalue weighted by Crippen LogP contribution is -2.31. The zero-order chi connectivity index (χ0) is 15.1. The third-order valence-corrected chi connectivity index (χ3v) is 4.47. The third kappa shape index (κ3) is 2.28. The number of cyclic esters (lactones) is 4. The molecule has 3 rings (SSSR count). The van der Waals surface area contributed by atoms with Crippen LogP contribution in [0.5, 0.6) is 0 Å². The summed E-state index contributed by atoms with van der Waals surface area (Å²) in [5, 5.41) is 0. The Morgan fingerprint density at radius 2 is 1.76 bits per heavy atom. The van der Waals surface area contributed by atoms with Crippen molar-refractivity contribution >= 4 is 23.9 Å². The number of hydrogen-bond acceptors (Lipinski definition) is 6. The van der Waals surface area contributed by atoms with Crippen LogP contribution in [0, 0.1) is 23.7 Å². The van der Waals surface area contributed by atoms with E-state index < -0.39 is 41.6 Å². The summed E-state index contributed by atoms with van der Waals surface area (Å²) in [6.45, 7) is 1.98. The Morgan fingerprint density at radius 1 is 1.05 bits per heavy atom. The predicted octanol–water partition coefficient (Wildman–Crippen LogP) is 1.14. The Morgan fingerprint density at radius 3 is 2.38 bits per heavy atom. The van der Waals surface area contributed by atoms with Crippen molar-refractivity contribution < 1.29 is 28.7 Å². The quantitative estimate of drug-likeness (QED) is 0.440. The molecule has 2 saturated heterocycles. The second-order valence-electron chi connectivity index (χ2n) is 5.82. The molecular weight excluding hydrogens is 276 g/mol. The van der Waals surface area contributed by atoms with Crippen LogP contribution in [0.4, 0.5) is 0 Å². The summed E-state index contributed by atoms with van der Waals surface area (Å²) in [5.74, 6) is -3.91. The molecule has 0 bridgehead atoms. The van der Waals surface area contributed by atoms with Gasteiger partial charge in [0, 0.05) is 0 Å². The van der Waals surface area contributed by atoms with Crippen LogP contribution in [-0.2, 0) is 28.7 Å². The molecular formula is C15H16O6. The first-order valence-electron chi connectivity index (χ1n) is 7.22. The van der Waals surface area contributed by atoms with Crippen molar-refractivity contribution in [2.24, 2.45) is 23.7 Å². The number of carbonyl (C=O) groups is 4. The van der Waals surface area contributed by atoms with Gasteiger partial charge in [0.05, 0.1) is 24.2 Å². The van der Waals surface area contributed by atoms with Crippen molar-refractivity contribution in [2.45, 2.75) is 32.6 Å². The predicted molar refractivity (Wildman–Crippen MR) is 68.4 cm³/mol. The Balaban J connectivity index is 1.91. The molecule has 0 aromatic heterocycles. The molecule has 6 heteroatoms. The van der Waals surface area contributed by atoms with Gasteiger partial charge in [-0.25, -0.2) is 0 Å². The first kappa shape index (κ1) is 14.0. The van der Waals surface area contributed by atoms with E-state index in [1.165, 1.54) is 0 Å². The van der Waals surface area contributed by atoms with Gasteiger partial charge >= 0.3 is 23.9 Å². The number of carbonyl (C=O) groups excluding carboxylic acids is 4. The highest BCUT2D eigenvalue weighted by Crippen LogP contribution is 2.44. The minimum atomic E-state index is -0.547. The second-order valence-corrected chi connectivity index (χ2v) is 5.82. The number of fused-ring (bicyclic) bond motifs is 1. The van der Waals surface area contributed by atoms with E-state index in [-0.39, 0.29) is 12.3 Å². The Labute approximate surface area is 121 Å². The molecule has 21 heavy (non-hydrogen) atoms. The van der Waals surface area contributed by atoms with Gasteiger partial charge in [-0.05, 0) is 18.8 Å². The lowest BCUT2D eigenvalue weighted by molar-refractivity contribution is -0.155. The Bertz CT molecular complexity index is 561. The fourth-order valence-electron chi connectivity index (χ4n) is 3.55. The molecule has 2 fully saturated rings. The second kappa shape index (κ2) is 5.09. The minimum absolute atomic E-state index is 0.0415. The van der Waals surface area contributed by atoms with Crippen molar-refractivity contribution in [3.63, 3.8) is 0 Å². The molecule has 2 aliphatic heterocycles. The number of esters is 4. The van der Waals surface area contributed by atoms with E-state index in [0.717, 1.165) is 12.0 Å². The zero-order valence-electron chi connectivity index (χ0n) is 11.7. The smallest absolute Gasteiger partial charge is 0.321 e. The zero-order valence-corrected chi connectivity index (χ0v) is 11.7. The molecule has 0 N–H and O–H groups in total. The van der Waals surface area contributed by atoms with Crippen LogP contribution in [0.25, 0.3) is 0 Å². The van der Waals surface area contributed by atoms with Gasteiger partial charge in [0.15, 0.2) is 0 Å². The third-order valence-electron chi connectivity index (χ3n) is 4.47. The summed E-state index contributed by atoms with van der Waals surface area (Å²) in [5.41, 5.74) is 0.849. The van der Waals surface area contributed by atoms with E-state index in [9.17, 15) is 19.2 Å². The fraction of sp³-hybridized carbons (Fsp3) is 0.600. The number of allylic oxidation sites excluding steroid dienone is 1. The van der Waals surface area contributed by atoms with Crippen LogP contribution in [0.3, 0.4) is 0 Å². The summed E-state index contributed by atoms with van der Waals surface area (Å²) in [6.07, 6.45) is 3.79. The molecule has 6 nitrogen and oxygen atoms in total. The molecule has 3 aliphatic rings. The van der Waals surface area contributed by atoms with E-state index in [2.05, 4.69) is 4.74 Å². The molecule has 112 valence electrons. The number of rotatable bonds is 3. The summed E-state index contributed by atoms with van der Waals surface area (Å²) in [6, 6.07) is 0. The highest BCUT2D eigenvalue weighted by atomic mass is 16.6. The van der Waals surface area contributed by atoms with E-state index >= 15 is 0 Å². The van der Waals surface area contributed by atoms with Gasteiger partial charge in [0.25, 0.3) is 0 Å². The van der Waals surface area contributed by atoms with Gasteiger partial charge in [-0.3, -0.25) is 19.2 Å². The van der Waals surface area contributed by atoms with Crippen LogP contribution in [0.1, 0.15) is 32.6 Å². The fourth-order valence-corrected chi connectivity index (χ4v) is 3.55. The molecule has 2 heterocycles. The summed E-state index contributed by atoms with van der Waals surface area (Å²) >= 11 is 0. The molecule has 0 aromatic rings. The first-order valence-corrected chi connectivity index (χ1v) is 7.22. The van der Waals surface area contributed by atoms with Gasteiger partial charge in [0.1, 0.15) is 0 Å². The van der Waals surface area contributed by atoms with Crippen LogP contribution in [-0.4, -0.2) is 23.9 Å². The highest BCUT2D eigenvalue weighted by Gasteiger charge is 2.51. The van der Waals surface area contributed by atoms with Gasteiger partial charge in [-0.15, -0.1) is 0 Å². The van der Waals surface area contributed by atoms with Crippen molar-refractivity contribution in [3.05, 3.63) is 11.6 Å². The molecule has 0 aromatic carbocycles. The van der Waals surface area contributed by atoms with Crippen LogP contribution in [0.15, 0.2) is 11.6 Å². The van der Waals surface area contributed by atoms with Crippen molar-refractivity contribution in [1.82, 2.24) is 0 Å². The molecule has 0 saturated carbocycles. The Kier molecular flexibility index (Phi) is 3.39. The normalized spacial score (nSPS) is 35.4. The van der Waals surface area contributed by atoms with E-state index in [4.69, 9.17) is 4.74 Å². The van der Waals surface area contributed by atoms with Crippen molar-refractivity contribution in [1.29, 1.82) is 0 Å². The monoisotopic (exact) mass is 292 g/mol. The SMILES string of the molecule is CCCC1=CC(C2CC(=O)OC2=O)CC2C(=O)OC(=O)C12. The van der Waals surface area contributed by atoms with Crippen LogP contribution >= 0.6 is 0 Å².